The number of carbonyl (C=O) groups is 1. The molecule has 2 fully saturated rings. The average molecular weight is 403 g/mol. The molecule has 2 aliphatic rings. The number of nitriles is 1. The molecule has 0 saturated carbocycles. The van der Waals surface area contributed by atoms with Gasteiger partial charge >= 0.3 is 0 Å². The highest BCUT2D eigenvalue weighted by Gasteiger charge is 2.47. The first-order valence-corrected chi connectivity index (χ1v) is 11.0. The van der Waals surface area contributed by atoms with E-state index in [0.29, 0.717) is 5.56 Å². The van der Waals surface area contributed by atoms with Gasteiger partial charge in [0.25, 0.3) is 0 Å². The van der Waals surface area contributed by atoms with Gasteiger partial charge in [-0.2, -0.15) is 5.26 Å². The van der Waals surface area contributed by atoms with Crippen LogP contribution in [0.5, 0.6) is 0 Å². The van der Waals surface area contributed by atoms with Crippen LogP contribution in [0.1, 0.15) is 37.3 Å². The number of anilines is 1. The maximum atomic E-state index is 13.3. The van der Waals surface area contributed by atoms with E-state index in [1.54, 1.807) is 0 Å². The molecule has 2 saturated heterocycles. The van der Waals surface area contributed by atoms with Gasteiger partial charge in [-0.05, 0) is 49.1 Å². The third-order valence-corrected chi connectivity index (χ3v) is 6.95. The molecule has 156 valence electrons. The van der Waals surface area contributed by atoms with Crippen LogP contribution >= 0.6 is 0 Å². The molecule has 2 aliphatic heterocycles. The summed E-state index contributed by atoms with van der Waals surface area (Å²) in [5, 5.41) is 15.8. The predicted octanol–water partition coefficient (Wildman–Crippen LogP) is 3.21. The Labute approximate surface area is 179 Å². The number of piperidine rings is 1. The third-order valence-electron chi connectivity index (χ3n) is 6.95. The molecule has 0 bridgehead atoms. The topological polar surface area (TPSA) is 68.2 Å². The lowest BCUT2D eigenvalue weighted by molar-refractivity contribution is -0.127. The van der Waals surface area contributed by atoms with Crippen LogP contribution in [0, 0.1) is 17.2 Å². The van der Waals surface area contributed by atoms with Crippen molar-refractivity contribution >= 4 is 11.6 Å². The molecule has 4 rings (SSSR count). The zero-order valence-corrected chi connectivity index (χ0v) is 17.6. The molecule has 0 aliphatic carbocycles. The summed E-state index contributed by atoms with van der Waals surface area (Å²) in [6.07, 6.45) is 2.83. The van der Waals surface area contributed by atoms with Crippen LogP contribution in [-0.4, -0.2) is 38.1 Å². The van der Waals surface area contributed by atoms with Crippen LogP contribution in [-0.2, 0) is 10.2 Å². The van der Waals surface area contributed by atoms with Gasteiger partial charge in [0.15, 0.2) is 0 Å². The monoisotopic (exact) mass is 402 g/mol. The van der Waals surface area contributed by atoms with Gasteiger partial charge in [-0.3, -0.25) is 4.79 Å². The van der Waals surface area contributed by atoms with Crippen molar-refractivity contribution in [3.8, 4) is 6.07 Å². The number of amides is 1. The highest BCUT2D eigenvalue weighted by molar-refractivity contribution is 5.81. The van der Waals surface area contributed by atoms with Crippen LogP contribution in [0.15, 0.2) is 54.6 Å². The Balaban J connectivity index is 1.38. The lowest BCUT2D eigenvalue weighted by atomic mass is 9.70. The smallest absolute Gasteiger partial charge is 0.225 e. The van der Waals surface area contributed by atoms with Gasteiger partial charge in [0.2, 0.25) is 5.91 Å². The fourth-order valence-corrected chi connectivity index (χ4v) is 5.08. The lowest BCUT2D eigenvalue weighted by Crippen LogP contribution is -2.50. The van der Waals surface area contributed by atoms with Gasteiger partial charge in [0.05, 0.1) is 17.6 Å². The van der Waals surface area contributed by atoms with Crippen LogP contribution in [0.3, 0.4) is 0 Å². The van der Waals surface area contributed by atoms with Crippen molar-refractivity contribution in [2.45, 2.75) is 37.6 Å². The molecule has 1 amide bonds. The van der Waals surface area contributed by atoms with Gasteiger partial charge < -0.3 is 15.5 Å². The van der Waals surface area contributed by atoms with Crippen molar-refractivity contribution < 1.29 is 4.79 Å². The number of benzene rings is 2. The molecule has 5 nitrogen and oxygen atoms in total. The molecule has 30 heavy (non-hydrogen) atoms. The van der Waals surface area contributed by atoms with Crippen molar-refractivity contribution in [2.24, 2.45) is 5.92 Å². The summed E-state index contributed by atoms with van der Waals surface area (Å²) < 4.78 is 0. The normalized spacial score (nSPS) is 24.4. The van der Waals surface area contributed by atoms with Crippen LogP contribution in [0.4, 0.5) is 5.69 Å². The summed E-state index contributed by atoms with van der Waals surface area (Å²) in [4.78, 5) is 15.6. The maximum absolute atomic E-state index is 13.3. The van der Waals surface area contributed by atoms with Crippen LogP contribution in [0.2, 0.25) is 0 Å². The van der Waals surface area contributed by atoms with Gasteiger partial charge in [-0.25, -0.2) is 0 Å². The van der Waals surface area contributed by atoms with E-state index < -0.39 is 0 Å². The zero-order chi connectivity index (χ0) is 21.0. The summed E-state index contributed by atoms with van der Waals surface area (Å²) in [6.45, 7) is 5.60. The molecule has 2 aromatic rings. The van der Waals surface area contributed by atoms with E-state index in [2.05, 4.69) is 52.8 Å². The maximum Gasteiger partial charge on any atom is 0.225 e. The molecule has 0 radical (unpaired) electrons. The number of nitrogens with zero attached hydrogens (tertiary/aromatic N) is 2. The number of carbonyl (C=O) groups excluding carboxylic acids is 1. The number of nitrogens with one attached hydrogen (secondary N) is 2. The summed E-state index contributed by atoms with van der Waals surface area (Å²) in [7, 11) is 0. The minimum atomic E-state index is -0.130. The zero-order valence-electron chi connectivity index (χ0n) is 17.6. The van der Waals surface area contributed by atoms with Gasteiger partial charge in [-0.1, -0.05) is 37.3 Å². The van der Waals surface area contributed by atoms with Crippen molar-refractivity contribution in [3.05, 3.63) is 65.7 Å². The highest BCUT2D eigenvalue weighted by atomic mass is 16.2. The van der Waals surface area contributed by atoms with E-state index in [1.165, 1.54) is 5.56 Å². The number of hydrogen-bond donors (Lipinski definition) is 2. The second-order valence-corrected chi connectivity index (χ2v) is 8.49. The van der Waals surface area contributed by atoms with E-state index in [-0.39, 0.29) is 23.3 Å². The molecular formula is C25H30N4O. The lowest BCUT2D eigenvalue weighted by Gasteiger charge is -2.37. The van der Waals surface area contributed by atoms with Gasteiger partial charge in [0, 0.05) is 43.3 Å². The second kappa shape index (κ2) is 8.89. The minimum Gasteiger partial charge on any atom is -0.371 e. The fourth-order valence-electron chi connectivity index (χ4n) is 5.08. The second-order valence-electron chi connectivity index (χ2n) is 8.49. The number of rotatable bonds is 5. The van der Waals surface area contributed by atoms with E-state index in [0.717, 1.165) is 51.1 Å². The van der Waals surface area contributed by atoms with Crippen molar-refractivity contribution in [3.63, 3.8) is 0 Å². The Morgan fingerprint density at radius 3 is 2.50 bits per heavy atom. The summed E-state index contributed by atoms with van der Waals surface area (Å²) in [5.74, 6) is 0.143. The first-order valence-electron chi connectivity index (χ1n) is 11.0. The largest absolute Gasteiger partial charge is 0.371 e. The Hall–Kier alpha value is -2.84. The molecule has 2 heterocycles. The molecule has 2 atom stereocenters. The van der Waals surface area contributed by atoms with Gasteiger partial charge in [0.1, 0.15) is 0 Å². The molecule has 0 aromatic heterocycles. The van der Waals surface area contributed by atoms with E-state index in [9.17, 15) is 4.79 Å². The quantitative estimate of drug-likeness (QED) is 0.806. The molecule has 2 aromatic carbocycles. The Morgan fingerprint density at radius 1 is 1.17 bits per heavy atom. The molecule has 0 unspecified atom stereocenters. The van der Waals surface area contributed by atoms with Crippen molar-refractivity contribution in [2.75, 3.05) is 31.1 Å². The highest BCUT2D eigenvalue weighted by Crippen LogP contribution is 2.39. The predicted molar refractivity (Wildman–Crippen MR) is 119 cm³/mol. The van der Waals surface area contributed by atoms with E-state index in [1.807, 2.05) is 30.3 Å². The Morgan fingerprint density at radius 2 is 1.87 bits per heavy atom. The summed E-state index contributed by atoms with van der Waals surface area (Å²) in [5.41, 5.74) is 2.96. The molecule has 0 spiro atoms. The van der Waals surface area contributed by atoms with Crippen molar-refractivity contribution in [1.82, 2.24) is 10.6 Å². The van der Waals surface area contributed by atoms with E-state index >= 15 is 0 Å². The van der Waals surface area contributed by atoms with Crippen LogP contribution < -0.4 is 15.5 Å². The fraction of sp³-hybridized carbons (Fsp3) is 0.440. The number of hydrogen-bond acceptors (Lipinski definition) is 4. The Bertz CT molecular complexity index is 897. The van der Waals surface area contributed by atoms with Crippen LogP contribution in [0.25, 0.3) is 0 Å². The van der Waals surface area contributed by atoms with Crippen molar-refractivity contribution in [1.29, 1.82) is 5.26 Å². The Kier molecular flexibility index (Phi) is 6.06. The first-order chi connectivity index (χ1) is 14.7. The molecule has 2 N–H and O–H groups in total. The standard InChI is InChI=1S/C25H30N4O/c1-2-25(20-6-4-3-5-7-20)18-27-17-23(25)24(30)28-21-12-14-29(15-13-21)22-10-8-19(16-26)9-11-22/h3-11,21,23,27H,2,12-15,17-18H2,1H3,(H,28,30)/t23-,25-/m0/s1. The SMILES string of the molecule is CC[C@@]1(c2ccccc2)CNC[C@H]1C(=O)NC1CCN(c2ccc(C#N)cc2)CC1. The average Bonchev–Trinajstić information content (AvgIpc) is 3.26. The summed E-state index contributed by atoms with van der Waals surface area (Å²) in [6, 6.07) is 20.6. The molecular weight excluding hydrogens is 372 g/mol. The summed E-state index contributed by atoms with van der Waals surface area (Å²) >= 11 is 0. The van der Waals surface area contributed by atoms with Gasteiger partial charge in [-0.15, -0.1) is 0 Å². The minimum absolute atomic E-state index is 0.0403. The molecule has 5 heteroatoms. The first kappa shape index (κ1) is 20.4. The van der Waals surface area contributed by atoms with E-state index in [4.69, 9.17) is 5.26 Å². The third kappa shape index (κ3) is 3.93.